The molecule has 30 heavy (non-hydrogen) atoms. The molecule has 1 unspecified atom stereocenters. The fourth-order valence-electron chi connectivity index (χ4n) is 3.34. The number of hydrogen-bond donors (Lipinski definition) is 3. The highest BCUT2D eigenvalue weighted by atomic mass is 32.1. The van der Waals surface area contributed by atoms with Gasteiger partial charge in [-0.3, -0.25) is 4.79 Å². The van der Waals surface area contributed by atoms with Gasteiger partial charge in [-0.15, -0.1) is 11.3 Å². The van der Waals surface area contributed by atoms with E-state index in [2.05, 4.69) is 9.72 Å². The Bertz CT molecular complexity index is 972. The van der Waals surface area contributed by atoms with Crippen molar-refractivity contribution in [3.63, 3.8) is 0 Å². The summed E-state index contributed by atoms with van der Waals surface area (Å²) >= 11 is 1.15. The minimum absolute atomic E-state index is 0.0351. The maximum Gasteiger partial charge on any atom is 0.453 e. The zero-order valence-corrected chi connectivity index (χ0v) is 16.8. The summed E-state index contributed by atoms with van der Waals surface area (Å²) in [5, 5.41) is 29.1. The highest BCUT2D eigenvalue weighted by Gasteiger charge is 2.48. The number of carbonyl (C=O) groups is 1. The van der Waals surface area contributed by atoms with E-state index in [0.717, 1.165) is 24.2 Å². The van der Waals surface area contributed by atoms with E-state index in [1.807, 2.05) is 6.92 Å². The fourth-order valence-corrected chi connectivity index (χ4v) is 4.19. The van der Waals surface area contributed by atoms with Crippen molar-refractivity contribution in [2.45, 2.75) is 32.0 Å². The number of hydrogen-bond acceptors (Lipinski definition) is 8. The summed E-state index contributed by atoms with van der Waals surface area (Å²) in [5.74, 6) is -2.66. The number of ether oxygens (including phenoxy) is 2. The van der Waals surface area contributed by atoms with Gasteiger partial charge in [0.2, 0.25) is 5.91 Å². The summed E-state index contributed by atoms with van der Waals surface area (Å²) in [6.07, 6.45) is -2.40. The van der Waals surface area contributed by atoms with Gasteiger partial charge < -0.3 is 29.7 Å². The first-order valence-electron chi connectivity index (χ1n) is 9.28. The number of benzene rings is 1. The van der Waals surface area contributed by atoms with Crippen molar-refractivity contribution in [3.8, 4) is 17.0 Å². The van der Waals surface area contributed by atoms with Crippen LogP contribution in [0.2, 0.25) is 0 Å². The van der Waals surface area contributed by atoms with Gasteiger partial charge in [0.05, 0.1) is 24.4 Å². The molecule has 1 saturated heterocycles. The van der Waals surface area contributed by atoms with Gasteiger partial charge in [-0.25, -0.2) is 13.8 Å². The van der Waals surface area contributed by atoms with E-state index < -0.39 is 29.6 Å². The van der Waals surface area contributed by atoms with Gasteiger partial charge in [0.25, 0.3) is 0 Å². The number of amides is 1. The van der Waals surface area contributed by atoms with Crippen molar-refractivity contribution in [1.29, 1.82) is 0 Å². The zero-order chi connectivity index (χ0) is 21.7. The van der Waals surface area contributed by atoms with Crippen molar-refractivity contribution in [3.05, 3.63) is 34.2 Å². The van der Waals surface area contributed by atoms with E-state index in [1.54, 1.807) is 4.90 Å². The number of morpholine rings is 1. The van der Waals surface area contributed by atoms with Crippen LogP contribution in [0.1, 0.15) is 30.9 Å². The Kier molecular flexibility index (Phi) is 5.27. The van der Waals surface area contributed by atoms with Crippen LogP contribution in [-0.4, -0.2) is 57.0 Å². The molecule has 2 aromatic rings. The van der Waals surface area contributed by atoms with Crippen LogP contribution < -0.4 is 4.74 Å². The lowest BCUT2D eigenvalue weighted by molar-refractivity contribution is -0.419. The molecular weight excluding hydrogens is 422 g/mol. The van der Waals surface area contributed by atoms with Crippen LogP contribution in [0.3, 0.4) is 0 Å². The molecule has 1 amide bonds. The quantitative estimate of drug-likeness (QED) is 0.605. The molecule has 4 rings (SSSR count). The van der Waals surface area contributed by atoms with Gasteiger partial charge in [-0.05, 0) is 12.8 Å². The maximum atomic E-state index is 14.4. The predicted molar refractivity (Wildman–Crippen MR) is 100 cm³/mol. The van der Waals surface area contributed by atoms with Crippen molar-refractivity contribution >= 4 is 17.2 Å². The first kappa shape index (κ1) is 21.1. The Balaban J connectivity index is 1.59. The van der Waals surface area contributed by atoms with Gasteiger partial charge >= 0.3 is 6.16 Å². The molecule has 1 atom stereocenters. The topological polar surface area (TPSA) is 112 Å². The monoisotopic (exact) mass is 442 g/mol. The lowest BCUT2D eigenvalue weighted by Crippen LogP contribution is -2.45. The van der Waals surface area contributed by atoms with Gasteiger partial charge in [-0.2, -0.15) is 0 Å². The highest BCUT2D eigenvalue weighted by molar-refractivity contribution is 7.10. The summed E-state index contributed by atoms with van der Waals surface area (Å²) in [6, 6.07) is 1.28. The Morgan fingerprint density at radius 1 is 1.37 bits per heavy atom. The van der Waals surface area contributed by atoms with Gasteiger partial charge in [0.1, 0.15) is 28.5 Å². The Morgan fingerprint density at radius 3 is 2.77 bits per heavy atom. The van der Waals surface area contributed by atoms with E-state index >= 15 is 0 Å². The van der Waals surface area contributed by atoms with Crippen LogP contribution in [0, 0.1) is 17.0 Å². The third-order valence-corrected chi connectivity index (χ3v) is 6.13. The van der Waals surface area contributed by atoms with Gasteiger partial charge in [-0.1, -0.05) is 6.92 Å². The molecule has 0 radical (unpaired) electrons. The minimum atomic E-state index is -3.62. The van der Waals surface area contributed by atoms with Crippen LogP contribution in [-0.2, 0) is 9.53 Å². The largest absolute Gasteiger partial charge is 0.453 e. The lowest BCUT2D eigenvalue weighted by atomic mass is 10.1. The first-order chi connectivity index (χ1) is 14.1. The molecule has 1 aliphatic carbocycles. The standard InChI is InChI=1S/C19H20F2N2O6S/c1-18(2-3-18)17(24)23-4-5-28-14(8-23)16-22-12(9-30-16)15-11(21)6-10(20)7-13(15)29-19(25,26)27/h6-7,9,14,25-27H,2-5,8H2,1H3. The van der Waals surface area contributed by atoms with Crippen LogP contribution in [0.5, 0.6) is 5.75 Å². The molecule has 1 aromatic carbocycles. The van der Waals surface area contributed by atoms with Crippen LogP contribution >= 0.6 is 11.3 Å². The Hall–Kier alpha value is -2.18. The van der Waals surface area contributed by atoms with E-state index in [-0.39, 0.29) is 22.6 Å². The molecule has 2 aliphatic rings. The van der Waals surface area contributed by atoms with Gasteiger partial charge in [0, 0.05) is 29.5 Å². The minimum Gasteiger partial charge on any atom is -0.416 e. The molecule has 1 saturated carbocycles. The number of thiazole rings is 1. The van der Waals surface area contributed by atoms with Crippen molar-refractivity contribution in [2.75, 3.05) is 19.7 Å². The van der Waals surface area contributed by atoms with Crippen LogP contribution in [0.15, 0.2) is 17.5 Å². The normalized spacial score (nSPS) is 20.9. The third-order valence-electron chi connectivity index (χ3n) is 5.19. The van der Waals surface area contributed by atoms with Gasteiger partial charge in [0.15, 0.2) is 0 Å². The Labute approximate surface area is 174 Å². The first-order valence-corrected chi connectivity index (χ1v) is 10.2. The average molecular weight is 442 g/mol. The molecule has 1 aromatic heterocycles. The number of aliphatic hydroxyl groups is 3. The van der Waals surface area contributed by atoms with E-state index in [4.69, 9.17) is 20.1 Å². The molecule has 1 aliphatic heterocycles. The van der Waals surface area contributed by atoms with E-state index in [0.29, 0.717) is 36.8 Å². The Morgan fingerprint density at radius 2 is 2.10 bits per heavy atom. The third kappa shape index (κ3) is 4.30. The number of aromatic nitrogens is 1. The van der Waals surface area contributed by atoms with Crippen molar-refractivity contribution < 1.29 is 38.4 Å². The summed E-state index contributed by atoms with van der Waals surface area (Å²) in [6.45, 7) is 3.06. The zero-order valence-electron chi connectivity index (χ0n) is 16.0. The molecular formula is C19H20F2N2O6S. The molecule has 0 spiro atoms. The van der Waals surface area contributed by atoms with E-state index in [1.165, 1.54) is 5.38 Å². The molecule has 11 heteroatoms. The summed E-state index contributed by atoms with van der Waals surface area (Å²) < 4.78 is 38.2. The second-order valence-corrected chi connectivity index (χ2v) is 8.57. The van der Waals surface area contributed by atoms with Crippen LogP contribution in [0.25, 0.3) is 11.3 Å². The number of carbonyl (C=O) groups excluding carboxylic acids is 1. The molecule has 0 bridgehead atoms. The van der Waals surface area contributed by atoms with Crippen LogP contribution in [0.4, 0.5) is 8.78 Å². The average Bonchev–Trinajstić information content (AvgIpc) is 3.22. The van der Waals surface area contributed by atoms with Crippen molar-refractivity contribution in [1.82, 2.24) is 9.88 Å². The molecule has 162 valence electrons. The smallest absolute Gasteiger partial charge is 0.416 e. The number of halogens is 2. The van der Waals surface area contributed by atoms with E-state index in [9.17, 15) is 13.6 Å². The molecule has 3 N–H and O–H groups in total. The molecule has 2 heterocycles. The summed E-state index contributed by atoms with van der Waals surface area (Å²) in [4.78, 5) is 18.7. The fraction of sp³-hybridized carbons (Fsp3) is 0.474. The lowest BCUT2D eigenvalue weighted by Gasteiger charge is -2.33. The second-order valence-electron chi connectivity index (χ2n) is 7.68. The highest BCUT2D eigenvalue weighted by Crippen LogP contribution is 2.47. The summed E-state index contributed by atoms with van der Waals surface area (Å²) in [7, 11) is 0. The predicted octanol–water partition coefficient (Wildman–Crippen LogP) is 1.76. The number of nitrogens with zero attached hydrogens (tertiary/aromatic N) is 2. The molecule has 8 nitrogen and oxygen atoms in total. The SMILES string of the molecule is CC1(C(=O)N2CCOC(c3nc(-c4c(F)cc(F)cc4OC(O)(O)O)cs3)C2)CC1. The number of rotatable bonds is 5. The van der Waals surface area contributed by atoms with Crippen molar-refractivity contribution in [2.24, 2.45) is 5.41 Å². The molecule has 2 fully saturated rings. The maximum absolute atomic E-state index is 14.4. The second kappa shape index (κ2) is 7.50. The summed E-state index contributed by atoms with van der Waals surface area (Å²) in [5.41, 5.74) is -0.618.